The second kappa shape index (κ2) is 4.78. The van der Waals surface area contributed by atoms with Gasteiger partial charge in [0, 0.05) is 18.3 Å². The van der Waals surface area contributed by atoms with E-state index in [0.717, 1.165) is 6.54 Å². The fourth-order valence-electron chi connectivity index (χ4n) is 1.59. The molecule has 0 saturated carbocycles. The van der Waals surface area contributed by atoms with Gasteiger partial charge in [-0.3, -0.25) is 4.68 Å². The molecule has 1 heterocycles. The molecular formula is C13H16N2. The van der Waals surface area contributed by atoms with Gasteiger partial charge in [0.25, 0.3) is 0 Å². The first-order chi connectivity index (χ1) is 7.40. The molecular weight excluding hydrogens is 184 g/mol. The van der Waals surface area contributed by atoms with Crippen molar-refractivity contribution >= 4 is 0 Å². The first kappa shape index (κ1) is 9.97. The number of hydrogen-bond acceptors (Lipinski definition) is 1. The van der Waals surface area contributed by atoms with Gasteiger partial charge >= 0.3 is 0 Å². The molecule has 0 radical (unpaired) electrons. The summed E-state index contributed by atoms with van der Waals surface area (Å²) in [6.07, 6.45) is 6.45. The third-order valence-corrected chi connectivity index (χ3v) is 2.48. The average molecular weight is 200 g/mol. The van der Waals surface area contributed by atoms with Crippen molar-refractivity contribution < 1.29 is 0 Å². The van der Waals surface area contributed by atoms with Crippen molar-refractivity contribution in [3.63, 3.8) is 0 Å². The van der Waals surface area contributed by atoms with Crippen LogP contribution in [0.25, 0.3) is 11.1 Å². The number of benzene rings is 1. The van der Waals surface area contributed by atoms with Gasteiger partial charge in [-0.2, -0.15) is 5.10 Å². The van der Waals surface area contributed by atoms with Gasteiger partial charge in [-0.25, -0.2) is 0 Å². The van der Waals surface area contributed by atoms with Gasteiger partial charge in [-0.15, -0.1) is 0 Å². The maximum Gasteiger partial charge on any atom is 0.0568 e. The van der Waals surface area contributed by atoms with Gasteiger partial charge < -0.3 is 0 Å². The molecule has 0 bridgehead atoms. The number of aryl methyl sites for hydroxylation is 1. The van der Waals surface area contributed by atoms with Crippen LogP contribution in [-0.4, -0.2) is 9.78 Å². The third kappa shape index (κ3) is 2.46. The van der Waals surface area contributed by atoms with Crippen LogP contribution in [0.1, 0.15) is 19.8 Å². The molecule has 0 aliphatic rings. The molecule has 15 heavy (non-hydrogen) atoms. The number of aromatic nitrogens is 2. The molecule has 0 atom stereocenters. The fourth-order valence-corrected chi connectivity index (χ4v) is 1.59. The predicted octanol–water partition coefficient (Wildman–Crippen LogP) is 3.35. The van der Waals surface area contributed by atoms with E-state index in [1.165, 1.54) is 24.0 Å². The second-order valence-electron chi connectivity index (χ2n) is 3.71. The summed E-state index contributed by atoms with van der Waals surface area (Å²) in [6.45, 7) is 3.21. The van der Waals surface area contributed by atoms with Crippen molar-refractivity contribution in [1.29, 1.82) is 0 Å². The smallest absolute Gasteiger partial charge is 0.0568 e. The molecule has 0 N–H and O–H groups in total. The lowest BCUT2D eigenvalue weighted by molar-refractivity contribution is 0.572. The summed E-state index contributed by atoms with van der Waals surface area (Å²) < 4.78 is 2.02. The monoisotopic (exact) mass is 200 g/mol. The van der Waals surface area contributed by atoms with Crippen molar-refractivity contribution in [3.8, 4) is 11.1 Å². The summed E-state index contributed by atoms with van der Waals surface area (Å²) in [4.78, 5) is 0. The van der Waals surface area contributed by atoms with E-state index in [9.17, 15) is 0 Å². The Hall–Kier alpha value is -1.57. The maximum atomic E-state index is 4.35. The quantitative estimate of drug-likeness (QED) is 0.740. The molecule has 0 unspecified atom stereocenters. The summed E-state index contributed by atoms with van der Waals surface area (Å²) in [6, 6.07) is 10.4. The van der Waals surface area contributed by atoms with E-state index < -0.39 is 0 Å². The molecule has 0 aliphatic carbocycles. The molecule has 0 amide bonds. The van der Waals surface area contributed by atoms with E-state index in [0.29, 0.717) is 0 Å². The zero-order valence-corrected chi connectivity index (χ0v) is 9.06. The van der Waals surface area contributed by atoms with E-state index >= 15 is 0 Å². The molecule has 1 aromatic carbocycles. The highest BCUT2D eigenvalue weighted by molar-refractivity contribution is 5.61. The maximum absolute atomic E-state index is 4.35. The molecule has 2 rings (SSSR count). The van der Waals surface area contributed by atoms with Gasteiger partial charge in [0.05, 0.1) is 6.20 Å². The summed E-state index contributed by atoms with van der Waals surface area (Å²) >= 11 is 0. The zero-order chi connectivity index (χ0) is 10.5. The normalized spacial score (nSPS) is 10.5. The highest BCUT2D eigenvalue weighted by Crippen LogP contribution is 2.17. The van der Waals surface area contributed by atoms with Crippen LogP contribution < -0.4 is 0 Å². The minimum absolute atomic E-state index is 1.02. The van der Waals surface area contributed by atoms with Crippen LogP contribution in [0.5, 0.6) is 0 Å². The standard InChI is InChI=1S/C13H16N2/c1-2-3-9-15-11-13(10-14-15)12-7-5-4-6-8-12/h4-8,10-11H,2-3,9H2,1H3. The number of rotatable bonds is 4. The third-order valence-electron chi connectivity index (χ3n) is 2.48. The van der Waals surface area contributed by atoms with Gasteiger partial charge in [-0.1, -0.05) is 43.7 Å². The van der Waals surface area contributed by atoms with Crippen LogP contribution >= 0.6 is 0 Å². The van der Waals surface area contributed by atoms with E-state index in [-0.39, 0.29) is 0 Å². The average Bonchev–Trinajstić information content (AvgIpc) is 2.76. The molecule has 2 aromatic rings. The molecule has 0 fully saturated rings. The minimum Gasteiger partial charge on any atom is -0.272 e. The summed E-state index contributed by atoms with van der Waals surface area (Å²) in [5.41, 5.74) is 2.44. The highest BCUT2D eigenvalue weighted by Gasteiger charge is 1.99. The van der Waals surface area contributed by atoms with Crippen molar-refractivity contribution in [3.05, 3.63) is 42.7 Å². The Morgan fingerprint density at radius 2 is 1.93 bits per heavy atom. The van der Waals surface area contributed by atoms with Crippen LogP contribution in [0, 0.1) is 0 Å². The highest BCUT2D eigenvalue weighted by atomic mass is 15.3. The Labute approximate surface area is 90.6 Å². The van der Waals surface area contributed by atoms with Gasteiger partial charge in [0.15, 0.2) is 0 Å². The lowest BCUT2D eigenvalue weighted by atomic mass is 10.1. The van der Waals surface area contributed by atoms with Crippen LogP contribution in [0.2, 0.25) is 0 Å². The largest absolute Gasteiger partial charge is 0.272 e. The van der Waals surface area contributed by atoms with Crippen LogP contribution in [0.3, 0.4) is 0 Å². The van der Waals surface area contributed by atoms with E-state index in [4.69, 9.17) is 0 Å². The van der Waals surface area contributed by atoms with Crippen LogP contribution in [0.4, 0.5) is 0 Å². The van der Waals surface area contributed by atoms with Crippen LogP contribution in [0.15, 0.2) is 42.7 Å². The fraction of sp³-hybridized carbons (Fsp3) is 0.308. The van der Waals surface area contributed by atoms with E-state index in [1.807, 2.05) is 16.9 Å². The summed E-state index contributed by atoms with van der Waals surface area (Å²) in [5, 5.41) is 4.35. The van der Waals surface area contributed by atoms with Crippen molar-refractivity contribution in [2.24, 2.45) is 0 Å². The zero-order valence-electron chi connectivity index (χ0n) is 9.06. The number of unbranched alkanes of at least 4 members (excludes halogenated alkanes) is 1. The second-order valence-corrected chi connectivity index (χ2v) is 3.71. The van der Waals surface area contributed by atoms with Crippen LogP contribution in [-0.2, 0) is 6.54 Å². The Bertz CT molecular complexity index is 403. The number of nitrogens with zero attached hydrogens (tertiary/aromatic N) is 2. The van der Waals surface area contributed by atoms with Crippen molar-refractivity contribution in [2.75, 3.05) is 0 Å². The summed E-state index contributed by atoms with van der Waals surface area (Å²) in [5.74, 6) is 0. The van der Waals surface area contributed by atoms with Crippen molar-refractivity contribution in [1.82, 2.24) is 9.78 Å². The first-order valence-electron chi connectivity index (χ1n) is 5.48. The van der Waals surface area contributed by atoms with Gasteiger partial charge in [0.2, 0.25) is 0 Å². The van der Waals surface area contributed by atoms with E-state index in [1.54, 1.807) is 0 Å². The molecule has 0 saturated heterocycles. The van der Waals surface area contributed by atoms with Crippen molar-refractivity contribution in [2.45, 2.75) is 26.3 Å². The number of hydrogen-bond donors (Lipinski definition) is 0. The molecule has 2 nitrogen and oxygen atoms in total. The molecule has 0 aliphatic heterocycles. The Morgan fingerprint density at radius 1 is 1.13 bits per heavy atom. The Balaban J connectivity index is 2.14. The lowest BCUT2D eigenvalue weighted by Crippen LogP contribution is -1.96. The van der Waals surface area contributed by atoms with Gasteiger partial charge in [0.1, 0.15) is 0 Å². The van der Waals surface area contributed by atoms with Gasteiger partial charge in [-0.05, 0) is 12.0 Å². The Kier molecular flexibility index (Phi) is 3.18. The first-order valence-corrected chi connectivity index (χ1v) is 5.48. The molecule has 1 aromatic heterocycles. The lowest BCUT2D eigenvalue weighted by Gasteiger charge is -1.98. The predicted molar refractivity (Wildman–Crippen MR) is 62.6 cm³/mol. The Morgan fingerprint density at radius 3 is 2.67 bits per heavy atom. The molecule has 78 valence electrons. The minimum atomic E-state index is 1.02. The molecule has 2 heteroatoms. The summed E-state index contributed by atoms with van der Waals surface area (Å²) in [7, 11) is 0. The molecule has 0 spiro atoms. The van der Waals surface area contributed by atoms with E-state index in [2.05, 4.69) is 42.5 Å². The SMILES string of the molecule is CCCCn1cc(-c2ccccc2)cn1. The topological polar surface area (TPSA) is 17.8 Å².